The molecule has 0 fully saturated rings. The smallest absolute Gasteiger partial charge is 0.0496 e. The quantitative estimate of drug-likeness (QED) is 0.611. The summed E-state index contributed by atoms with van der Waals surface area (Å²) < 4.78 is 10.5. The van der Waals surface area contributed by atoms with Crippen LogP contribution >= 0.6 is 0 Å². The molecule has 0 heterocycles. The average Bonchev–Trinajstić information content (AvgIpc) is 2.10. The molecule has 0 saturated heterocycles. The van der Waals surface area contributed by atoms with E-state index >= 15 is 0 Å². The molecule has 0 aliphatic carbocycles. The van der Waals surface area contributed by atoms with Crippen LogP contribution in [-0.4, -0.2) is 27.4 Å². The van der Waals surface area contributed by atoms with Crippen molar-refractivity contribution < 1.29 is 9.47 Å². The third kappa shape index (κ3) is 4.63. The Morgan fingerprint density at radius 2 is 1.54 bits per heavy atom. The van der Waals surface area contributed by atoms with Crippen molar-refractivity contribution in [3.63, 3.8) is 0 Å². The molecule has 0 N–H and O–H groups in total. The molecule has 0 spiro atoms. The predicted octanol–water partition coefficient (Wildman–Crippen LogP) is 2.58. The Morgan fingerprint density at radius 3 is 1.85 bits per heavy atom. The minimum absolute atomic E-state index is 0.620. The van der Waals surface area contributed by atoms with E-state index in [4.69, 9.17) is 9.47 Å². The van der Waals surface area contributed by atoms with Gasteiger partial charge in [0, 0.05) is 27.4 Å². The maximum atomic E-state index is 5.24. The molecular weight excluding hydrogens is 164 g/mol. The molecule has 2 atom stereocenters. The summed E-state index contributed by atoms with van der Waals surface area (Å²) in [5.74, 6) is 1.92. The van der Waals surface area contributed by atoms with E-state index in [0.29, 0.717) is 17.8 Å². The Bertz CT molecular complexity index is 113. The van der Waals surface area contributed by atoms with Crippen LogP contribution in [0.3, 0.4) is 0 Å². The third-order valence-electron chi connectivity index (χ3n) is 2.73. The second kappa shape index (κ2) is 7.34. The van der Waals surface area contributed by atoms with E-state index in [9.17, 15) is 0 Å². The lowest BCUT2D eigenvalue weighted by molar-refractivity contribution is 0.0465. The van der Waals surface area contributed by atoms with Crippen molar-refractivity contribution in [3.8, 4) is 0 Å². The van der Waals surface area contributed by atoms with Crippen molar-refractivity contribution in [2.24, 2.45) is 17.8 Å². The van der Waals surface area contributed by atoms with Gasteiger partial charge in [-0.3, -0.25) is 0 Å². The van der Waals surface area contributed by atoms with Gasteiger partial charge in [0.25, 0.3) is 0 Å². The molecule has 80 valence electrons. The van der Waals surface area contributed by atoms with Gasteiger partial charge in [-0.15, -0.1) is 0 Å². The van der Waals surface area contributed by atoms with Crippen molar-refractivity contribution in [1.29, 1.82) is 0 Å². The first-order valence-electron chi connectivity index (χ1n) is 5.15. The molecule has 0 radical (unpaired) electrons. The lowest BCUT2D eigenvalue weighted by Gasteiger charge is -2.28. The summed E-state index contributed by atoms with van der Waals surface area (Å²) in [5.41, 5.74) is 0. The number of methoxy groups -OCH3 is 2. The molecule has 0 saturated carbocycles. The van der Waals surface area contributed by atoms with Gasteiger partial charge in [0.05, 0.1) is 0 Å². The Labute approximate surface area is 82.6 Å². The third-order valence-corrected chi connectivity index (χ3v) is 2.73. The van der Waals surface area contributed by atoms with E-state index in [1.807, 2.05) is 0 Å². The van der Waals surface area contributed by atoms with Gasteiger partial charge in [-0.2, -0.15) is 0 Å². The van der Waals surface area contributed by atoms with Crippen LogP contribution in [0.15, 0.2) is 0 Å². The molecule has 0 aliphatic rings. The SMILES string of the molecule is CCC(COC)C(COC)C(C)C. The molecule has 2 nitrogen and oxygen atoms in total. The first-order chi connectivity index (χ1) is 6.17. The zero-order valence-electron chi connectivity index (χ0n) is 9.67. The van der Waals surface area contributed by atoms with Crippen LogP contribution in [0.1, 0.15) is 27.2 Å². The summed E-state index contributed by atoms with van der Waals surface area (Å²) in [7, 11) is 3.54. The molecule has 2 unspecified atom stereocenters. The summed E-state index contributed by atoms with van der Waals surface area (Å²) in [6, 6.07) is 0. The van der Waals surface area contributed by atoms with Crippen LogP contribution in [0.2, 0.25) is 0 Å². The number of rotatable bonds is 7. The summed E-state index contributed by atoms with van der Waals surface area (Å²) in [6.45, 7) is 8.42. The number of ether oxygens (including phenoxy) is 2. The van der Waals surface area contributed by atoms with Crippen molar-refractivity contribution in [1.82, 2.24) is 0 Å². The molecule has 0 rings (SSSR count). The van der Waals surface area contributed by atoms with Gasteiger partial charge < -0.3 is 9.47 Å². The van der Waals surface area contributed by atoms with Crippen LogP contribution < -0.4 is 0 Å². The molecule has 13 heavy (non-hydrogen) atoms. The Morgan fingerprint density at radius 1 is 1.00 bits per heavy atom. The van der Waals surface area contributed by atoms with E-state index in [2.05, 4.69) is 20.8 Å². The molecule has 0 aromatic carbocycles. The first-order valence-corrected chi connectivity index (χ1v) is 5.15. The Hall–Kier alpha value is -0.0800. The monoisotopic (exact) mass is 188 g/mol. The van der Waals surface area contributed by atoms with Crippen LogP contribution in [-0.2, 0) is 9.47 Å². The zero-order chi connectivity index (χ0) is 10.3. The minimum atomic E-state index is 0.620. The van der Waals surface area contributed by atoms with Gasteiger partial charge in [-0.05, 0) is 17.8 Å². The van der Waals surface area contributed by atoms with E-state index in [1.54, 1.807) is 14.2 Å². The number of hydrogen-bond acceptors (Lipinski definition) is 2. The highest BCUT2D eigenvalue weighted by atomic mass is 16.5. The Balaban J connectivity index is 4.11. The molecule has 0 aromatic heterocycles. The molecular formula is C11H24O2. The highest BCUT2D eigenvalue weighted by molar-refractivity contribution is 4.71. The second-order valence-electron chi connectivity index (χ2n) is 3.99. The average molecular weight is 188 g/mol. The van der Waals surface area contributed by atoms with Crippen LogP contribution in [0, 0.1) is 17.8 Å². The van der Waals surface area contributed by atoms with Crippen LogP contribution in [0.4, 0.5) is 0 Å². The van der Waals surface area contributed by atoms with E-state index in [-0.39, 0.29) is 0 Å². The molecule has 0 amide bonds. The largest absolute Gasteiger partial charge is 0.384 e. The highest BCUT2D eigenvalue weighted by Crippen LogP contribution is 2.24. The summed E-state index contributed by atoms with van der Waals surface area (Å²) in [4.78, 5) is 0. The van der Waals surface area contributed by atoms with E-state index < -0.39 is 0 Å². The van der Waals surface area contributed by atoms with Gasteiger partial charge in [0.1, 0.15) is 0 Å². The van der Waals surface area contributed by atoms with Gasteiger partial charge in [-0.1, -0.05) is 27.2 Å². The Kier molecular flexibility index (Phi) is 7.29. The summed E-state index contributed by atoms with van der Waals surface area (Å²) in [5, 5.41) is 0. The maximum Gasteiger partial charge on any atom is 0.0496 e. The minimum Gasteiger partial charge on any atom is -0.384 e. The van der Waals surface area contributed by atoms with Crippen molar-refractivity contribution in [3.05, 3.63) is 0 Å². The topological polar surface area (TPSA) is 18.5 Å². The standard InChI is InChI=1S/C11H24O2/c1-6-10(7-12-4)11(8-13-5)9(2)3/h9-11H,6-8H2,1-5H3. The second-order valence-corrected chi connectivity index (χ2v) is 3.99. The fourth-order valence-electron chi connectivity index (χ4n) is 1.82. The fraction of sp³-hybridized carbons (Fsp3) is 1.00. The van der Waals surface area contributed by atoms with Crippen LogP contribution in [0.25, 0.3) is 0 Å². The highest BCUT2D eigenvalue weighted by Gasteiger charge is 2.22. The lowest BCUT2D eigenvalue weighted by atomic mass is 9.83. The van der Waals surface area contributed by atoms with Crippen molar-refractivity contribution in [2.75, 3.05) is 27.4 Å². The summed E-state index contributed by atoms with van der Waals surface area (Å²) in [6.07, 6.45) is 1.17. The predicted molar refractivity (Wildman–Crippen MR) is 55.9 cm³/mol. The van der Waals surface area contributed by atoms with E-state index in [1.165, 1.54) is 6.42 Å². The first kappa shape index (κ1) is 12.9. The molecule has 2 heteroatoms. The van der Waals surface area contributed by atoms with Gasteiger partial charge in [-0.25, -0.2) is 0 Å². The zero-order valence-corrected chi connectivity index (χ0v) is 9.67. The fourth-order valence-corrected chi connectivity index (χ4v) is 1.82. The molecule has 0 aromatic rings. The van der Waals surface area contributed by atoms with Gasteiger partial charge in [0.2, 0.25) is 0 Å². The summed E-state index contributed by atoms with van der Waals surface area (Å²) >= 11 is 0. The van der Waals surface area contributed by atoms with Gasteiger partial charge in [0.15, 0.2) is 0 Å². The van der Waals surface area contributed by atoms with Gasteiger partial charge >= 0.3 is 0 Å². The van der Waals surface area contributed by atoms with E-state index in [0.717, 1.165) is 13.2 Å². The normalized spacial score (nSPS) is 16.2. The van der Waals surface area contributed by atoms with Crippen LogP contribution in [0.5, 0.6) is 0 Å². The number of hydrogen-bond donors (Lipinski definition) is 0. The molecule has 0 aliphatic heterocycles. The maximum absolute atomic E-state index is 5.24. The van der Waals surface area contributed by atoms with Crippen molar-refractivity contribution in [2.45, 2.75) is 27.2 Å². The molecule has 0 bridgehead atoms. The van der Waals surface area contributed by atoms with Crippen molar-refractivity contribution >= 4 is 0 Å². The lowest BCUT2D eigenvalue weighted by Crippen LogP contribution is -2.27.